The summed E-state index contributed by atoms with van der Waals surface area (Å²) in [7, 11) is 0. The molecule has 106 valence electrons. The third-order valence-corrected chi connectivity index (χ3v) is 3.82. The van der Waals surface area contributed by atoms with E-state index in [2.05, 4.69) is 19.9 Å². The molecule has 0 aliphatic carbocycles. The van der Waals surface area contributed by atoms with Gasteiger partial charge in [0.25, 0.3) is 0 Å². The molecule has 1 N–H and O–H groups in total. The Hall–Kier alpha value is -1.67. The van der Waals surface area contributed by atoms with Gasteiger partial charge in [0, 0.05) is 0 Å². The van der Waals surface area contributed by atoms with E-state index in [0.29, 0.717) is 11.1 Å². The molecule has 0 fully saturated rings. The topological polar surface area (TPSA) is 20.2 Å². The van der Waals surface area contributed by atoms with Gasteiger partial charge in [0.1, 0.15) is 11.9 Å². The summed E-state index contributed by atoms with van der Waals surface area (Å²) in [5.74, 6) is -0.276. The van der Waals surface area contributed by atoms with Crippen molar-refractivity contribution in [1.29, 1.82) is 0 Å². The van der Waals surface area contributed by atoms with Crippen LogP contribution in [0.4, 0.5) is 4.39 Å². The Morgan fingerprint density at radius 2 is 1.55 bits per heavy atom. The Morgan fingerprint density at radius 3 is 2.15 bits per heavy atom. The maximum Gasteiger partial charge on any atom is 0.126 e. The minimum Gasteiger partial charge on any atom is -0.384 e. The van der Waals surface area contributed by atoms with Gasteiger partial charge in [-0.15, -0.1) is 0 Å². The first kappa shape index (κ1) is 14.7. The van der Waals surface area contributed by atoms with Gasteiger partial charge < -0.3 is 5.11 Å². The molecule has 20 heavy (non-hydrogen) atoms. The van der Waals surface area contributed by atoms with Crippen molar-refractivity contribution in [3.8, 4) is 0 Å². The molecule has 0 saturated carbocycles. The van der Waals surface area contributed by atoms with Gasteiger partial charge in [-0.3, -0.25) is 0 Å². The smallest absolute Gasteiger partial charge is 0.126 e. The van der Waals surface area contributed by atoms with E-state index >= 15 is 0 Å². The van der Waals surface area contributed by atoms with Gasteiger partial charge in [0.15, 0.2) is 0 Å². The van der Waals surface area contributed by atoms with Crippen molar-refractivity contribution in [2.24, 2.45) is 0 Å². The molecular formula is C18H21FO. The Balaban J connectivity index is 2.37. The number of benzene rings is 2. The summed E-state index contributed by atoms with van der Waals surface area (Å²) in [6, 6.07) is 10.9. The quantitative estimate of drug-likeness (QED) is 0.877. The van der Waals surface area contributed by atoms with Gasteiger partial charge in [-0.05, 0) is 53.6 Å². The molecule has 2 rings (SSSR count). The van der Waals surface area contributed by atoms with E-state index in [1.165, 1.54) is 17.2 Å². The molecule has 2 aromatic rings. The third-order valence-electron chi connectivity index (χ3n) is 3.82. The van der Waals surface area contributed by atoms with Gasteiger partial charge in [0.05, 0.1) is 0 Å². The van der Waals surface area contributed by atoms with E-state index in [1.54, 1.807) is 19.1 Å². The first-order valence-electron chi connectivity index (χ1n) is 7.12. The van der Waals surface area contributed by atoms with E-state index in [-0.39, 0.29) is 5.82 Å². The fourth-order valence-electron chi connectivity index (χ4n) is 2.46. The summed E-state index contributed by atoms with van der Waals surface area (Å²) >= 11 is 0. The minimum absolute atomic E-state index is 0.276. The highest BCUT2D eigenvalue weighted by molar-refractivity contribution is 5.38. The van der Waals surface area contributed by atoms with Crippen molar-refractivity contribution in [1.82, 2.24) is 0 Å². The van der Waals surface area contributed by atoms with Crippen LogP contribution >= 0.6 is 0 Å². The molecule has 2 heteroatoms. The molecule has 1 unspecified atom stereocenters. The van der Waals surface area contributed by atoms with Crippen LogP contribution in [-0.2, 0) is 12.8 Å². The lowest BCUT2D eigenvalue weighted by molar-refractivity contribution is 0.219. The Kier molecular flexibility index (Phi) is 4.56. The second-order valence-corrected chi connectivity index (χ2v) is 5.15. The average Bonchev–Trinajstić information content (AvgIpc) is 2.48. The maximum absolute atomic E-state index is 13.6. The number of aryl methyl sites for hydroxylation is 3. The zero-order chi connectivity index (χ0) is 14.7. The lowest BCUT2D eigenvalue weighted by Gasteiger charge is -2.15. The van der Waals surface area contributed by atoms with Crippen molar-refractivity contribution < 1.29 is 9.50 Å². The van der Waals surface area contributed by atoms with E-state index in [1.807, 2.05) is 12.1 Å². The van der Waals surface area contributed by atoms with Gasteiger partial charge in [0.2, 0.25) is 0 Å². The van der Waals surface area contributed by atoms with Crippen molar-refractivity contribution in [3.05, 3.63) is 70.0 Å². The Labute approximate surface area is 120 Å². The average molecular weight is 272 g/mol. The van der Waals surface area contributed by atoms with Crippen LogP contribution in [0.25, 0.3) is 0 Å². The molecule has 0 aliphatic rings. The summed E-state index contributed by atoms with van der Waals surface area (Å²) in [4.78, 5) is 0. The molecular weight excluding hydrogens is 251 g/mol. The molecule has 0 heterocycles. The summed E-state index contributed by atoms with van der Waals surface area (Å²) in [6.07, 6.45) is 1.14. The van der Waals surface area contributed by atoms with Gasteiger partial charge in [-0.1, -0.05) is 44.2 Å². The number of hydrogen-bond donors (Lipinski definition) is 1. The normalized spacial score (nSPS) is 12.4. The van der Waals surface area contributed by atoms with Crippen LogP contribution in [0.15, 0.2) is 36.4 Å². The summed E-state index contributed by atoms with van der Waals surface area (Å²) < 4.78 is 13.6. The number of rotatable bonds is 4. The highest BCUT2D eigenvalue weighted by atomic mass is 19.1. The molecule has 1 nitrogen and oxygen atoms in total. The molecule has 0 radical (unpaired) electrons. The van der Waals surface area contributed by atoms with Crippen molar-refractivity contribution in [2.45, 2.75) is 39.7 Å². The third kappa shape index (κ3) is 2.91. The van der Waals surface area contributed by atoms with Crippen LogP contribution < -0.4 is 0 Å². The molecule has 1 atom stereocenters. The van der Waals surface area contributed by atoms with Crippen LogP contribution in [0.2, 0.25) is 0 Å². The molecule has 2 aromatic carbocycles. The van der Waals surface area contributed by atoms with Gasteiger partial charge in [-0.25, -0.2) is 4.39 Å². The monoisotopic (exact) mass is 272 g/mol. The van der Waals surface area contributed by atoms with Crippen molar-refractivity contribution >= 4 is 0 Å². The SMILES string of the molecule is CCc1ccc(C(O)c2ccc(C)c(F)c2)cc1CC. The summed E-state index contributed by atoms with van der Waals surface area (Å²) in [6.45, 7) is 5.95. The number of hydrogen-bond acceptors (Lipinski definition) is 1. The highest BCUT2D eigenvalue weighted by Gasteiger charge is 2.13. The molecule has 0 saturated heterocycles. The lowest BCUT2D eigenvalue weighted by Crippen LogP contribution is -2.03. The zero-order valence-electron chi connectivity index (χ0n) is 12.3. The van der Waals surface area contributed by atoms with Crippen LogP contribution in [-0.4, -0.2) is 5.11 Å². The summed E-state index contributed by atoms with van der Waals surface area (Å²) in [5.41, 5.74) is 4.56. The first-order chi connectivity index (χ1) is 9.56. The Morgan fingerprint density at radius 1 is 0.950 bits per heavy atom. The number of halogens is 1. The minimum atomic E-state index is -0.777. The fraction of sp³-hybridized carbons (Fsp3) is 0.333. The van der Waals surface area contributed by atoms with Crippen molar-refractivity contribution in [3.63, 3.8) is 0 Å². The largest absolute Gasteiger partial charge is 0.384 e. The van der Waals surface area contributed by atoms with Gasteiger partial charge >= 0.3 is 0 Å². The highest BCUT2D eigenvalue weighted by Crippen LogP contribution is 2.26. The molecule has 0 spiro atoms. The van der Waals surface area contributed by atoms with Crippen LogP contribution in [0, 0.1) is 12.7 Å². The van der Waals surface area contributed by atoms with E-state index in [4.69, 9.17) is 0 Å². The molecule has 0 amide bonds. The second kappa shape index (κ2) is 6.19. The zero-order valence-corrected chi connectivity index (χ0v) is 12.3. The lowest BCUT2D eigenvalue weighted by atomic mass is 9.94. The van der Waals surface area contributed by atoms with E-state index in [0.717, 1.165) is 18.4 Å². The van der Waals surface area contributed by atoms with E-state index < -0.39 is 6.10 Å². The first-order valence-corrected chi connectivity index (χ1v) is 7.12. The van der Waals surface area contributed by atoms with Crippen molar-refractivity contribution in [2.75, 3.05) is 0 Å². The number of aliphatic hydroxyl groups excluding tert-OH is 1. The fourth-order valence-corrected chi connectivity index (χ4v) is 2.46. The van der Waals surface area contributed by atoms with E-state index in [9.17, 15) is 9.50 Å². The molecule has 0 bridgehead atoms. The molecule has 0 aromatic heterocycles. The van der Waals surface area contributed by atoms with Crippen LogP contribution in [0.5, 0.6) is 0 Å². The van der Waals surface area contributed by atoms with Gasteiger partial charge in [-0.2, -0.15) is 0 Å². The maximum atomic E-state index is 13.6. The number of aliphatic hydroxyl groups is 1. The van der Waals surface area contributed by atoms with Crippen LogP contribution in [0.3, 0.4) is 0 Å². The Bertz CT molecular complexity index is 604. The second-order valence-electron chi connectivity index (χ2n) is 5.15. The predicted molar refractivity (Wildman–Crippen MR) is 80.4 cm³/mol. The van der Waals surface area contributed by atoms with Crippen LogP contribution in [0.1, 0.15) is 47.8 Å². The predicted octanol–water partition coefficient (Wildman–Crippen LogP) is 4.34. The molecule has 0 aliphatic heterocycles. The summed E-state index contributed by atoms with van der Waals surface area (Å²) in [5, 5.41) is 10.4. The standard InChI is InChI=1S/C18H21FO/c1-4-13-8-9-15(10-14(13)5-2)18(20)16-7-6-12(3)17(19)11-16/h6-11,18,20H,4-5H2,1-3H3.